The van der Waals surface area contributed by atoms with Crippen LogP contribution in [0.5, 0.6) is 0 Å². The number of halogens is 3. The molecule has 1 saturated heterocycles. The smallest absolute Gasteiger partial charge is 0.341 e. The van der Waals surface area contributed by atoms with Crippen molar-refractivity contribution in [3.63, 3.8) is 0 Å². The van der Waals surface area contributed by atoms with Gasteiger partial charge in [0.25, 0.3) is 0 Å². The van der Waals surface area contributed by atoms with Crippen molar-refractivity contribution in [2.45, 2.75) is 50.6 Å². The van der Waals surface area contributed by atoms with E-state index in [1.54, 1.807) is 6.92 Å². The molecule has 0 aromatic heterocycles. The van der Waals surface area contributed by atoms with Crippen molar-refractivity contribution in [1.29, 1.82) is 0 Å². The molecule has 0 N–H and O–H groups in total. The molecule has 5 nitrogen and oxygen atoms in total. The van der Waals surface area contributed by atoms with E-state index >= 15 is 0 Å². The highest BCUT2D eigenvalue weighted by Gasteiger charge is 2.72. The maximum atomic E-state index is 13.3. The molecule has 0 aromatic carbocycles. The molecule has 1 aliphatic heterocycles. The zero-order chi connectivity index (χ0) is 17.0. The van der Waals surface area contributed by atoms with Crippen molar-refractivity contribution in [3.05, 3.63) is 0 Å². The van der Waals surface area contributed by atoms with Gasteiger partial charge >= 0.3 is 11.2 Å². The van der Waals surface area contributed by atoms with E-state index in [1.165, 1.54) is 0 Å². The van der Waals surface area contributed by atoms with Gasteiger partial charge in [-0.05, 0) is 19.8 Å². The van der Waals surface area contributed by atoms with Crippen LogP contribution in [0, 0.1) is 10.8 Å². The molecule has 9 heteroatoms. The molecule has 0 aromatic rings. The predicted octanol–water partition coefficient (Wildman–Crippen LogP) is 1.93. The highest BCUT2D eigenvalue weighted by Crippen LogP contribution is 2.65. The van der Waals surface area contributed by atoms with Gasteiger partial charge in [-0.3, -0.25) is 9.00 Å². The zero-order valence-electron chi connectivity index (χ0n) is 12.5. The number of rotatable bonds is 6. The number of esters is 1. The number of ether oxygens (including phenoxy) is 2. The van der Waals surface area contributed by atoms with Gasteiger partial charge < -0.3 is 14.0 Å². The zero-order valence-corrected chi connectivity index (χ0v) is 13.3. The Labute approximate surface area is 128 Å². The van der Waals surface area contributed by atoms with Crippen LogP contribution in [0.4, 0.5) is 13.2 Å². The predicted molar refractivity (Wildman–Crippen MR) is 69.5 cm³/mol. The Morgan fingerprint density at radius 1 is 1.41 bits per heavy atom. The van der Waals surface area contributed by atoms with E-state index in [0.29, 0.717) is 12.8 Å². The topological polar surface area (TPSA) is 75.7 Å². The first-order chi connectivity index (χ1) is 9.91. The Morgan fingerprint density at radius 3 is 2.41 bits per heavy atom. The molecule has 1 heterocycles. The minimum absolute atomic E-state index is 0.247. The fourth-order valence-corrected chi connectivity index (χ4v) is 3.49. The maximum absolute atomic E-state index is 13.3. The second-order valence-electron chi connectivity index (χ2n) is 6.62. The lowest BCUT2D eigenvalue weighted by atomic mass is 9.66. The van der Waals surface area contributed by atoms with E-state index < -0.39 is 45.5 Å². The van der Waals surface area contributed by atoms with Crippen LogP contribution in [0.2, 0.25) is 0 Å². The van der Waals surface area contributed by atoms with Crippen LogP contribution in [0.3, 0.4) is 0 Å². The third-order valence-corrected chi connectivity index (χ3v) is 6.17. The first-order valence-corrected chi connectivity index (χ1v) is 7.91. The average Bonchev–Trinajstić information content (AvgIpc) is 2.68. The summed E-state index contributed by atoms with van der Waals surface area (Å²) in [5, 5.41) is -4.51. The Bertz CT molecular complexity index is 512. The van der Waals surface area contributed by atoms with Gasteiger partial charge in [-0.15, -0.1) is 0 Å². The van der Waals surface area contributed by atoms with E-state index in [4.69, 9.17) is 9.47 Å². The first kappa shape index (κ1) is 17.7. The molecule has 4 unspecified atom stereocenters. The van der Waals surface area contributed by atoms with Crippen LogP contribution >= 0.6 is 0 Å². The van der Waals surface area contributed by atoms with Crippen LogP contribution < -0.4 is 0 Å². The molecule has 1 aliphatic carbocycles. The Balaban J connectivity index is 2.01. The number of fused-ring (bicyclic) bond motifs is 2. The number of carbonyl (C=O) groups excluding carboxylic acids is 1. The summed E-state index contributed by atoms with van der Waals surface area (Å²) >= 11 is -3.87. The van der Waals surface area contributed by atoms with Gasteiger partial charge in [0.1, 0.15) is 5.60 Å². The molecule has 128 valence electrons. The highest BCUT2D eigenvalue weighted by atomic mass is 32.2. The summed E-state index contributed by atoms with van der Waals surface area (Å²) in [5.41, 5.74) is -2.27. The molecule has 22 heavy (non-hydrogen) atoms. The second-order valence-corrected chi connectivity index (χ2v) is 7.63. The summed E-state index contributed by atoms with van der Waals surface area (Å²) in [6.45, 7) is 4.08. The van der Waals surface area contributed by atoms with Crippen LogP contribution in [0.25, 0.3) is 0 Å². The summed E-state index contributed by atoms with van der Waals surface area (Å²) < 4.78 is 70.1. The van der Waals surface area contributed by atoms with E-state index in [9.17, 15) is 26.7 Å². The van der Waals surface area contributed by atoms with Crippen molar-refractivity contribution in [3.8, 4) is 0 Å². The second kappa shape index (κ2) is 5.17. The van der Waals surface area contributed by atoms with Crippen molar-refractivity contribution < 1.29 is 36.2 Å². The van der Waals surface area contributed by atoms with Gasteiger partial charge in [0.2, 0.25) is 0 Å². The Hall–Kier alpha value is -0.670. The summed E-state index contributed by atoms with van der Waals surface area (Å²) in [7, 11) is 0. The lowest BCUT2D eigenvalue weighted by molar-refractivity contribution is -0.168. The monoisotopic (exact) mass is 343 g/mol. The first-order valence-electron chi connectivity index (χ1n) is 6.83. The lowest BCUT2D eigenvalue weighted by Crippen LogP contribution is -2.46. The van der Waals surface area contributed by atoms with E-state index in [2.05, 4.69) is 0 Å². The summed E-state index contributed by atoms with van der Waals surface area (Å²) in [5.74, 6) is -0.379. The summed E-state index contributed by atoms with van der Waals surface area (Å²) in [4.78, 5) is 12.0. The average molecular weight is 343 g/mol. The molecule has 1 saturated carbocycles. The SMILES string of the molecule is CC12CCC(COCC(F)C(F)(F)S(=O)[O-])(OC1=O)C2(C)C. The molecule has 2 fully saturated rings. The molecule has 2 rings (SSSR count). The number of alkyl halides is 3. The molecule has 2 aliphatic rings. The van der Waals surface area contributed by atoms with Crippen LogP contribution in [-0.2, 0) is 25.3 Å². The third-order valence-electron chi connectivity index (χ3n) is 5.47. The normalized spacial score (nSPS) is 36.2. The quantitative estimate of drug-likeness (QED) is 0.544. The Morgan fingerprint density at radius 2 is 2.00 bits per heavy atom. The highest BCUT2D eigenvalue weighted by molar-refractivity contribution is 7.80. The standard InChI is InChI=1S/C13H19F3O5S/c1-10(2)11(3)4-5-12(10,21-9(11)17)7-20-6-8(14)13(15,16)22(18)19/h8H,4-7H2,1-3H3,(H,18,19)/p-1. The van der Waals surface area contributed by atoms with Gasteiger partial charge in [0.15, 0.2) is 6.17 Å². The van der Waals surface area contributed by atoms with Crippen LogP contribution in [-0.4, -0.2) is 45.0 Å². The molecule has 2 bridgehead atoms. The molecule has 4 atom stereocenters. The minimum atomic E-state index is -4.51. The molecule has 0 radical (unpaired) electrons. The van der Waals surface area contributed by atoms with Crippen molar-refractivity contribution in [2.24, 2.45) is 10.8 Å². The van der Waals surface area contributed by atoms with Gasteiger partial charge in [-0.1, -0.05) is 13.8 Å². The van der Waals surface area contributed by atoms with Crippen LogP contribution in [0.1, 0.15) is 33.6 Å². The van der Waals surface area contributed by atoms with E-state index in [0.717, 1.165) is 0 Å². The number of hydrogen-bond donors (Lipinski definition) is 0. The minimum Gasteiger partial charge on any atom is -0.768 e. The fourth-order valence-electron chi connectivity index (χ4n) is 3.22. The van der Waals surface area contributed by atoms with Gasteiger partial charge in [-0.25, -0.2) is 4.39 Å². The van der Waals surface area contributed by atoms with Gasteiger partial charge in [0.05, 0.1) is 18.6 Å². The summed E-state index contributed by atoms with van der Waals surface area (Å²) in [6.07, 6.45) is -1.92. The van der Waals surface area contributed by atoms with Crippen molar-refractivity contribution in [1.82, 2.24) is 0 Å². The van der Waals surface area contributed by atoms with E-state index in [1.807, 2.05) is 13.8 Å². The lowest BCUT2D eigenvalue weighted by Gasteiger charge is -2.36. The fraction of sp³-hybridized carbons (Fsp3) is 0.923. The molecule has 0 spiro atoms. The number of hydrogen-bond acceptors (Lipinski definition) is 5. The van der Waals surface area contributed by atoms with Crippen molar-refractivity contribution >= 4 is 17.0 Å². The van der Waals surface area contributed by atoms with Crippen molar-refractivity contribution in [2.75, 3.05) is 13.2 Å². The number of carbonyl (C=O) groups is 1. The summed E-state index contributed by atoms with van der Waals surface area (Å²) in [6, 6.07) is 0. The largest absolute Gasteiger partial charge is 0.768 e. The van der Waals surface area contributed by atoms with E-state index in [-0.39, 0.29) is 12.6 Å². The van der Waals surface area contributed by atoms with Crippen LogP contribution in [0.15, 0.2) is 0 Å². The Kier molecular flexibility index (Phi) is 4.16. The molecule has 0 amide bonds. The van der Waals surface area contributed by atoms with Gasteiger partial charge in [0, 0.05) is 16.5 Å². The molecular formula is C13H18F3O5S-. The maximum Gasteiger partial charge on any atom is 0.341 e. The third kappa shape index (κ3) is 2.20. The molecular weight excluding hydrogens is 325 g/mol. The van der Waals surface area contributed by atoms with Gasteiger partial charge in [-0.2, -0.15) is 8.78 Å².